The Morgan fingerprint density at radius 2 is 2.16 bits per heavy atom. The van der Waals surface area contributed by atoms with Gasteiger partial charge in [-0.15, -0.1) is 0 Å². The van der Waals surface area contributed by atoms with E-state index in [1.165, 1.54) is 6.33 Å². The molecule has 5 nitrogen and oxygen atoms in total. The number of rotatable bonds is 5. The molecule has 1 aromatic carbocycles. The van der Waals surface area contributed by atoms with Gasteiger partial charge in [0.1, 0.15) is 12.7 Å². The first-order valence-corrected chi connectivity index (χ1v) is 6.38. The van der Waals surface area contributed by atoms with Gasteiger partial charge < -0.3 is 5.32 Å². The Morgan fingerprint density at radius 1 is 1.37 bits per heavy atom. The van der Waals surface area contributed by atoms with Crippen LogP contribution in [0.15, 0.2) is 36.9 Å². The lowest BCUT2D eigenvalue weighted by atomic mass is 10.0. The third-order valence-electron chi connectivity index (χ3n) is 2.89. The van der Waals surface area contributed by atoms with Gasteiger partial charge in [-0.25, -0.2) is 4.98 Å². The van der Waals surface area contributed by atoms with Crippen LogP contribution >= 0.6 is 0 Å². The number of hydrogen-bond donors (Lipinski definition) is 1. The fraction of sp³-hybridized carbons (Fsp3) is 0.357. The maximum absolute atomic E-state index is 11.9. The first kappa shape index (κ1) is 13.3. The number of nitrogens with one attached hydrogen (secondary N) is 1. The molecule has 1 amide bonds. The van der Waals surface area contributed by atoms with E-state index in [1.54, 1.807) is 11.0 Å². The van der Waals surface area contributed by atoms with Crippen molar-refractivity contribution >= 4 is 11.6 Å². The Morgan fingerprint density at radius 3 is 2.84 bits per heavy atom. The third-order valence-corrected chi connectivity index (χ3v) is 2.89. The average Bonchev–Trinajstić information content (AvgIpc) is 2.90. The number of amides is 1. The van der Waals surface area contributed by atoms with Crippen molar-refractivity contribution in [1.82, 2.24) is 14.8 Å². The molecule has 1 heterocycles. The van der Waals surface area contributed by atoms with Crippen LogP contribution in [0.4, 0.5) is 5.69 Å². The minimum absolute atomic E-state index is 0.0106. The molecule has 0 unspecified atom stereocenters. The van der Waals surface area contributed by atoms with Crippen LogP contribution < -0.4 is 5.32 Å². The van der Waals surface area contributed by atoms with E-state index >= 15 is 0 Å². The molecular weight excluding hydrogens is 240 g/mol. The number of aromatic nitrogens is 3. The molecule has 0 saturated heterocycles. The lowest BCUT2D eigenvalue weighted by Gasteiger charge is -2.13. The number of carbonyl (C=O) groups is 1. The molecule has 19 heavy (non-hydrogen) atoms. The smallest absolute Gasteiger partial charge is 0.226 e. The van der Waals surface area contributed by atoms with Crippen LogP contribution in [0.1, 0.15) is 31.7 Å². The lowest BCUT2D eigenvalue weighted by molar-refractivity contribution is -0.116. The fourth-order valence-electron chi connectivity index (χ4n) is 1.89. The highest BCUT2D eigenvalue weighted by Gasteiger charge is 2.09. The van der Waals surface area contributed by atoms with E-state index in [-0.39, 0.29) is 5.91 Å². The zero-order valence-electron chi connectivity index (χ0n) is 11.2. The molecule has 0 aliphatic carbocycles. The van der Waals surface area contributed by atoms with Gasteiger partial charge in [0.15, 0.2) is 0 Å². The summed E-state index contributed by atoms with van der Waals surface area (Å²) in [6.45, 7) is 4.76. The van der Waals surface area contributed by atoms with Crippen LogP contribution in [0.2, 0.25) is 0 Å². The first-order chi connectivity index (χ1) is 9.16. The molecule has 0 fully saturated rings. The molecule has 2 rings (SSSR count). The summed E-state index contributed by atoms with van der Waals surface area (Å²) >= 11 is 0. The molecule has 5 heteroatoms. The van der Waals surface area contributed by atoms with Gasteiger partial charge in [0.05, 0.1) is 6.54 Å². The van der Waals surface area contributed by atoms with Gasteiger partial charge in [-0.05, 0) is 17.5 Å². The topological polar surface area (TPSA) is 59.8 Å². The molecule has 1 aromatic heterocycles. The zero-order chi connectivity index (χ0) is 13.7. The maximum Gasteiger partial charge on any atom is 0.226 e. The van der Waals surface area contributed by atoms with Crippen molar-refractivity contribution in [3.8, 4) is 0 Å². The van der Waals surface area contributed by atoms with Crippen molar-refractivity contribution < 1.29 is 4.79 Å². The SMILES string of the molecule is CC(C)c1ccccc1NC(=O)CCn1cncn1. The predicted molar refractivity (Wildman–Crippen MR) is 73.8 cm³/mol. The lowest BCUT2D eigenvalue weighted by Crippen LogP contribution is -2.16. The molecule has 0 atom stereocenters. The van der Waals surface area contributed by atoms with E-state index in [9.17, 15) is 4.79 Å². The summed E-state index contributed by atoms with van der Waals surface area (Å²) in [5.74, 6) is 0.371. The first-order valence-electron chi connectivity index (χ1n) is 6.38. The van der Waals surface area contributed by atoms with E-state index in [2.05, 4.69) is 29.2 Å². The zero-order valence-corrected chi connectivity index (χ0v) is 11.2. The Hall–Kier alpha value is -2.17. The summed E-state index contributed by atoms with van der Waals surface area (Å²) in [7, 11) is 0. The summed E-state index contributed by atoms with van der Waals surface area (Å²) in [6, 6.07) is 7.89. The minimum atomic E-state index is -0.0106. The Labute approximate surface area is 112 Å². The van der Waals surface area contributed by atoms with Crippen molar-refractivity contribution in [2.45, 2.75) is 32.7 Å². The van der Waals surface area contributed by atoms with Crippen LogP contribution in [0, 0.1) is 0 Å². The predicted octanol–water partition coefficient (Wildman–Crippen LogP) is 2.43. The number of hydrogen-bond acceptors (Lipinski definition) is 3. The quantitative estimate of drug-likeness (QED) is 0.896. The van der Waals surface area contributed by atoms with Gasteiger partial charge in [-0.1, -0.05) is 32.0 Å². The Bertz CT molecular complexity index is 534. The van der Waals surface area contributed by atoms with E-state index in [1.807, 2.05) is 24.3 Å². The van der Waals surface area contributed by atoms with Crippen LogP contribution in [0.25, 0.3) is 0 Å². The highest BCUT2D eigenvalue weighted by Crippen LogP contribution is 2.23. The number of nitrogens with zero attached hydrogens (tertiary/aromatic N) is 3. The standard InChI is InChI=1S/C14H18N4O/c1-11(2)12-5-3-4-6-13(12)17-14(19)7-8-18-10-15-9-16-18/h3-6,9-11H,7-8H2,1-2H3,(H,17,19). The van der Waals surface area contributed by atoms with Crippen molar-refractivity contribution in [2.75, 3.05) is 5.32 Å². The van der Waals surface area contributed by atoms with E-state index in [4.69, 9.17) is 0 Å². The molecule has 0 spiro atoms. The van der Waals surface area contributed by atoms with Crippen LogP contribution in [0.5, 0.6) is 0 Å². The third kappa shape index (κ3) is 3.64. The highest BCUT2D eigenvalue weighted by atomic mass is 16.1. The van der Waals surface area contributed by atoms with Crippen molar-refractivity contribution in [3.05, 3.63) is 42.5 Å². The van der Waals surface area contributed by atoms with Gasteiger partial charge in [0.25, 0.3) is 0 Å². The van der Waals surface area contributed by atoms with Crippen LogP contribution in [-0.2, 0) is 11.3 Å². The summed E-state index contributed by atoms with van der Waals surface area (Å²) in [6.07, 6.45) is 3.46. The van der Waals surface area contributed by atoms with Crippen LogP contribution in [0.3, 0.4) is 0 Å². The van der Waals surface area contributed by atoms with E-state index in [0.29, 0.717) is 18.9 Å². The van der Waals surface area contributed by atoms with Gasteiger partial charge in [-0.2, -0.15) is 5.10 Å². The van der Waals surface area contributed by atoms with Gasteiger partial charge in [0, 0.05) is 12.1 Å². The number of benzene rings is 1. The molecule has 1 N–H and O–H groups in total. The number of aryl methyl sites for hydroxylation is 1. The van der Waals surface area contributed by atoms with Gasteiger partial charge >= 0.3 is 0 Å². The molecule has 0 bridgehead atoms. The number of carbonyl (C=O) groups excluding carboxylic acids is 1. The minimum Gasteiger partial charge on any atom is -0.326 e. The fourth-order valence-corrected chi connectivity index (χ4v) is 1.89. The molecule has 2 aromatic rings. The molecule has 100 valence electrons. The second-order valence-corrected chi connectivity index (χ2v) is 4.70. The van der Waals surface area contributed by atoms with Gasteiger partial charge in [-0.3, -0.25) is 9.48 Å². The second kappa shape index (κ2) is 6.13. The van der Waals surface area contributed by atoms with Crippen LogP contribution in [-0.4, -0.2) is 20.7 Å². The summed E-state index contributed by atoms with van der Waals surface area (Å²) < 4.78 is 1.65. The second-order valence-electron chi connectivity index (χ2n) is 4.70. The normalized spacial score (nSPS) is 10.7. The highest BCUT2D eigenvalue weighted by molar-refractivity contribution is 5.91. The molecular formula is C14H18N4O. The largest absolute Gasteiger partial charge is 0.326 e. The van der Waals surface area contributed by atoms with Crippen molar-refractivity contribution in [2.24, 2.45) is 0 Å². The Kier molecular flexibility index (Phi) is 4.28. The summed E-state index contributed by atoms with van der Waals surface area (Å²) in [5.41, 5.74) is 2.04. The van der Waals surface area contributed by atoms with Gasteiger partial charge in [0.2, 0.25) is 5.91 Å². The van der Waals surface area contributed by atoms with E-state index in [0.717, 1.165) is 11.3 Å². The number of anilines is 1. The summed E-state index contributed by atoms with van der Waals surface area (Å²) in [5, 5.41) is 6.92. The molecule has 0 aliphatic rings. The molecule has 0 radical (unpaired) electrons. The van der Waals surface area contributed by atoms with Crippen molar-refractivity contribution in [1.29, 1.82) is 0 Å². The maximum atomic E-state index is 11.9. The Balaban J connectivity index is 1.95. The monoisotopic (exact) mass is 258 g/mol. The average molecular weight is 258 g/mol. The molecule has 0 saturated carbocycles. The number of para-hydroxylation sites is 1. The van der Waals surface area contributed by atoms with E-state index < -0.39 is 0 Å². The van der Waals surface area contributed by atoms with Crippen molar-refractivity contribution in [3.63, 3.8) is 0 Å². The molecule has 0 aliphatic heterocycles. The summed E-state index contributed by atoms with van der Waals surface area (Å²) in [4.78, 5) is 15.8.